The number of nitrogens with zero attached hydrogens (tertiary/aromatic N) is 2. The minimum atomic E-state index is -0.235. The Morgan fingerprint density at radius 1 is 1.09 bits per heavy atom. The first kappa shape index (κ1) is 17.0. The summed E-state index contributed by atoms with van der Waals surface area (Å²) in [4.78, 5) is 37.7. The Hall–Kier alpha value is -2.37. The normalized spacial score (nSPS) is 14.4. The van der Waals surface area contributed by atoms with Gasteiger partial charge in [0.2, 0.25) is 18.2 Å². The Morgan fingerprint density at radius 2 is 1.78 bits per heavy atom. The maximum absolute atomic E-state index is 12.0. The maximum atomic E-state index is 12.0. The SMILES string of the molecule is O=CN1CCN(C(=O)CC(=O)NCCCc2ccccc2)CC1. The topological polar surface area (TPSA) is 69.7 Å². The van der Waals surface area contributed by atoms with Gasteiger partial charge in [-0.15, -0.1) is 0 Å². The minimum Gasteiger partial charge on any atom is -0.356 e. The van der Waals surface area contributed by atoms with Crippen LogP contribution in [-0.4, -0.2) is 60.7 Å². The van der Waals surface area contributed by atoms with Gasteiger partial charge in [-0.05, 0) is 18.4 Å². The smallest absolute Gasteiger partial charge is 0.232 e. The number of hydrogen-bond donors (Lipinski definition) is 1. The summed E-state index contributed by atoms with van der Waals surface area (Å²) < 4.78 is 0. The van der Waals surface area contributed by atoms with Gasteiger partial charge >= 0.3 is 0 Å². The van der Waals surface area contributed by atoms with E-state index in [1.165, 1.54) is 5.56 Å². The summed E-state index contributed by atoms with van der Waals surface area (Å²) in [6.07, 6.45) is 2.43. The average molecular weight is 317 g/mol. The maximum Gasteiger partial charge on any atom is 0.232 e. The van der Waals surface area contributed by atoms with Crippen molar-refractivity contribution in [3.63, 3.8) is 0 Å². The highest BCUT2D eigenvalue weighted by molar-refractivity contribution is 5.96. The third-order valence-electron chi connectivity index (χ3n) is 3.94. The summed E-state index contributed by atoms with van der Waals surface area (Å²) in [7, 11) is 0. The van der Waals surface area contributed by atoms with E-state index < -0.39 is 0 Å². The molecule has 0 bridgehead atoms. The molecule has 0 radical (unpaired) electrons. The molecule has 0 spiro atoms. The van der Waals surface area contributed by atoms with E-state index >= 15 is 0 Å². The molecule has 124 valence electrons. The molecule has 1 aromatic carbocycles. The van der Waals surface area contributed by atoms with Crippen LogP contribution in [0.25, 0.3) is 0 Å². The van der Waals surface area contributed by atoms with Gasteiger partial charge in [0.25, 0.3) is 0 Å². The van der Waals surface area contributed by atoms with Gasteiger partial charge < -0.3 is 15.1 Å². The number of amides is 3. The van der Waals surface area contributed by atoms with Gasteiger partial charge in [0.05, 0.1) is 0 Å². The van der Waals surface area contributed by atoms with E-state index in [0.29, 0.717) is 32.7 Å². The zero-order chi connectivity index (χ0) is 16.5. The van der Waals surface area contributed by atoms with Crippen LogP contribution in [0.5, 0.6) is 0 Å². The second-order valence-electron chi connectivity index (χ2n) is 5.64. The van der Waals surface area contributed by atoms with E-state index in [2.05, 4.69) is 17.4 Å². The third-order valence-corrected chi connectivity index (χ3v) is 3.94. The molecule has 0 unspecified atom stereocenters. The summed E-state index contributed by atoms with van der Waals surface area (Å²) in [5.41, 5.74) is 1.24. The number of piperazine rings is 1. The second-order valence-corrected chi connectivity index (χ2v) is 5.64. The fraction of sp³-hybridized carbons (Fsp3) is 0.471. The van der Waals surface area contributed by atoms with Crippen LogP contribution < -0.4 is 5.32 Å². The molecular weight excluding hydrogens is 294 g/mol. The lowest BCUT2D eigenvalue weighted by atomic mass is 10.1. The minimum absolute atomic E-state index is 0.119. The van der Waals surface area contributed by atoms with Crippen LogP contribution in [0.1, 0.15) is 18.4 Å². The highest BCUT2D eigenvalue weighted by atomic mass is 16.2. The van der Waals surface area contributed by atoms with Crippen molar-refractivity contribution in [3.8, 4) is 0 Å². The highest BCUT2D eigenvalue weighted by Crippen LogP contribution is 2.03. The molecule has 0 aromatic heterocycles. The molecule has 1 aromatic rings. The second kappa shape index (κ2) is 8.92. The number of benzene rings is 1. The highest BCUT2D eigenvalue weighted by Gasteiger charge is 2.21. The van der Waals surface area contributed by atoms with Crippen molar-refractivity contribution < 1.29 is 14.4 Å². The summed E-state index contributed by atoms with van der Waals surface area (Å²) in [5, 5.41) is 2.79. The Kier molecular flexibility index (Phi) is 6.59. The predicted octanol–water partition coefficient (Wildman–Crippen LogP) is 0.426. The summed E-state index contributed by atoms with van der Waals surface area (Å²) in [6.45, 7) is 2.64. The molecule has 1 N–H and O–H groups in total. The quantitative estimate of drug-likeness (QED) is 0.450. The van der Waals surface area contributed by atoms with E-state index in [1.807, 2.05) is 18.2 Å². The van der Waals surface area contributed by atoms with Crippen LogP contribution in [0.4, 0.5) is 0 Å². The molecule has 23 heavy (non-hydrogen) atoms. The number of aryl methyl sites for hydroxylation is 1. The number of carbonyl (C=O) groups excluding carboxylic acids is 3. The van der Waals surface area contributed by atoms with E-state index in [9.17, 15) is 14.4 Å². The van der Waals surface area contributed by atoms with Gasteiger partial charge in [0, 0.05) is 32.7 Å². The molecule has 6 nitrogen and oxygen atoms in total. The van der Waals surface area contributed by atoms with Crippen molar-refractivity contribution in [1.82, 2.24) is 15.1 Å². The zero-order valence-electron chi connectivity index (χ0n) is 13.2. The molecule has 1 saturated heterocycles. The molecule has 1 heterocycles. The monoisotopic (exact) mass is 317 g/mol. The van der Waals surface area contributed by atoms with E-state index in [1.54, 1.807) is 9.80 Å². The molecule has 0 atom stereocenters. The number of carbonyl (C=O) groups is 3. The van der Waals surface area contributed by atoms with Crippen molar-refractivity contribution in [2.75, 3.05) is 32.7 Å². The molecule has 0 saturated carbocycles. The number of rotatable bonds is 7. The van der Waals surface area contributed by atoms with Crippen molar-refractivity contribution in [2.45, 2.75) is 19.3 Å². The molecule has 1 aliphatic heterocycles. The molecule has 3 amide bonds. The van der Waals surface area contributed by atoms with Gasteiger partial charge in [-0.3, -0.25) is 14.4 Å². The fourth-order valence-electron chi connectivity index (χ4n) is 2.55. The Bertz CT molecular complexity index is 525. The van der Waals surface area contributed by atoms with Crippen LogP contribution >= 0.6 is 0 Å². The first-order valence-corrected chi connectivity index (χ1v) is 7.97. The Labute approximate surface area is 136 Å². The number of nitrogens with one attached hydrogen (secondary N) is 1. The summed E-state index contributed by atoms with van der Waals surface area (Å²) >= 11 is 0. The van der Waals surface area contributed by atoms with Gasteiger partial charge in [-0.1, -0.05) is 30.3 Å². The first-order valence-electron chi connectivity index (χ1n) is 7.97. The van der Waals surface area contributed by atoms with Gasteiger partial charge in [-0.25, -0.2) is 0 Å². The number of hydrogen-bond acceptors (Lipinski definition) is 3. The van der Waals surface area contributed by atoms with Crippen LogP contribution in [-0.2, 0) is 20.8 Å². The first-order chi connectivity index (χ1) is 11.2. The largest absolute Gasteiger partial charge is 0.356 e. The van der Waals surface area contributed by atoms with Crippen molar-refractivity contribution in [1.29, 1.82) is 0 Å². The zero-order valence-corrected chi connectivity index (χ0v) is 13.2. The van der Waals surface area contributed by atoms with Crippen molar-refractivity contribution in [2.24, 2.45) is 0 Å². The average Bonchev–Trinajstić information content (AvgIpc) is 2.59. The summed E-state index contributed by atoms with van der Waals surface area (Å²) in [6, 6.07) is 10.1. The van der Waals surface area contributed by atoms with Crippen LogP contribution in [0.15, 0.2) is 30.3 Å². The van der Waals surface area contributed by atoms with Gasteiger partial charge in [0.1, 0.15) is 6.42 Å². The predicted molar refractivity (Wildman–Crippen MR) is 86.6 cm³/mol. The third kappa shape index (κ3) is 5.73. The standard InChI is InChI=1S/C17H23N3O3/c21-14-19-9-11-20(12-10-19)17(23)13-16(22)18-8-4-7-15-5-2-1-3-6-15/h1-3,5-6,14H,4,7-13H2,(H,18,22). The lowest BCUT2D eigenvalue weighted by Crippen LogP contribution is -2.49. The van der Waals surface area contributed by atoms with E-state index in [0.717, 1.165) is 19.3 Å². The molecule has 0 aliphatic carbocycles. The van der Waals surface area contributed by atoms with Crippen LogP contribution in [0.2, 0.25) is 0 Å². The fourth-order valence-corrected chi connectivity index (χ4v) is 2.55. The lowest BCUT2D eigenvalue weighted by molar-refractivity contribution is -0.138. The van der Waals surface area contributed by atoms with E-state index in [-0.39, 0.29) is 18.2 Å². The molecule has 1 aliphatic rings. The van der Waals surface area contributed by atoms with E-state index in [4.69, 9.17) is 0 Å². The molecule has 1 fully saturated rings. The van der Waals surface area contributed by atoms with Gasteiger partial charge in [-0.2, -0.15) is 0 Å². The Balaban J connectivity index is 1.61. The van der Waals surface area contributed by atoms with Gasteiger partial charge in [0.15, 0.2) is 0 Å². The Morgan fingerprint density at radius 3 is 2.43 bits per heavy atom. The van der Waals surface area contributed by atoms with Crippen LogP contribution in [0, 0.1) is 0 Å². The van der Waals surface area contributed by atoms with Crippen molar-refractivity contribution in [3.05, 3.63) is 35.9 Å². The molecular formula is C17H23N3O3. The van der Waals surface area contributed by atoms with Crippen LogP contribution in [0.3, 0.4) is 0 Å². The molecule has 6 heteroatoms. The summed E-state index contributed by atoms with van der Waals surface area (Å²) in [5.74, 6) is -0.406. The lowest BCUT2D eigenvalue weighted by Gasteiger charge is -2.32. The molecule has 2 rings (SSSR count). The van der Waals surface area contributed by atoms with Crippen molar-refractivity contribution >= 4 is 18.2 Å².